The molecule has 2 fully saturated rings. The van der Waals surface area contributed by atoms with Crippen LogP contribution in [0.15, 0.2) is 0 Å². The van der Waals surface area contributed by atoms with Crippen molar-refractivity contribution >= 4 is 12.2 Å². The van der Waals surface area contributed by atoms with Crippen LogP contribution in [-0.4, -0.2) is 59.4 Å². The number of nitrogens with zero attached hydrogens (tertiary/aromatic N) is 2. The zero-order valence-electron chi connectivity index (χ0n) is 11.3. The lowest BCUT2D eigenvalue weighted by Gasteiger charge is -2.40. The second-order valence-electron chi connectivity index (χ2n) is 5.86. The molecule has 6 heteroatoms. The van der Waals surface area contributed by atoms with Gasteiger partial charge in [-0.15, -0.1) is 0 Å². The molecule has 0 radical (unpaired) electrons. The van der Waals surface area contributed by atoms with E-state index >= 15 is 0 Å². The second kappa shape index (κ2) is 4.33. The summed E-state index contributed by atoms with van der Waals surface area (Å²) in [6.07, 6.45) is -0.607. The number of rotatable bonds is 0. The maximum absolute atomic E-state index is 12.1. The summed E-state index contributed by atoms with van der Waals surface area (Å²) in [5, 5.41) is 0. The maximum Gasteiger partial charge on any atom is 0.410 e. The third kappa shape index (κ3) is 2.52. The molecule has 2 atom stereocenters. The molecule has 2 aliphatic heterocycles. The molecule has 2 aliphatic rings. The summed E-state index contributed by atoms with van der Waals surface area (Å²) in [4.78, 5) is 26.8. The van der Waals surface area contributed by atoms with Gasteiger partial charge in [-0.2, -0.15) is 0 Å². The molecular formula is C12H20N2O4. The van der Waals surface area contributed by atoms with Gasteiger partial charge in [0.05, 0.1) is 12.1 Å². The molecule has 18 heavy (non-hydrogen) atoms. The van der Waals surface area contributed by atoms with Crippen molar-refractivity contribution in [3.05, 3.63) is 0 Å². The van der Waals surface area contributed by atoms with Gasteiger partial charge in [-0.25, -0.2) is 9.59 Å². The fourth-order valence-corrected chi connectivity index (χ4v) is 2.23. The second-order valence-corrected chi connectivity index (χ2v) is 5.86. The Morgan fingerprint density at radius 2 is 2.06 bits per heavy atom. The Balaban J connectivity index is 2.02. The quantitative estimate of drug-likeness (QED) is 0.658. The normalized spacial score (nSPS) is 27.9. The van der Waals surface area contributed by atoms with Crippen molar-refractivity contribution in [1.82, 2.24) is 9.80 Å². The van der Waals surface area contributed by atoms with E-state index in [0.717, 1.165) is 0 Å². The number of piperazine rings is 1. The van der Waals surface area contributed by atoms with Crippen LogP contribution >= 0.6 is 0 Å². The van der Waals surface area contributed by atoms with E-state index in [1.807, 2.05) is 27.7 Å². The van der Waals surface area contributed by atoms with Crippen molar-refractivity contribution in [2.75, 3.05) is 19.7 Å². The molecule has 0 aliphatic carbocycles. The van der Waals surface area contributed by atoms with Crippen LogP contribution in [0.5, 0.6) is 0 Å². The summed E-state index contributed by atoms with van der Waals surface area (Å²) >= 11 is 0. The number of hydrogen-bond donors (Lipinski definition) is 0. The van der Waals surface area contributed by atoms with Crippen molar-refractivity contribution in [2.45, 2.75) is 45.4 Å². The zero-order valence-corrected chi connectivity index (χ0v) is 11.3. The average Bonchev–Trinajstić information content (AvgIpc) is 2.56. The van der Waals surface area contributed by atoms with Crippen LogP contribution in [0.1, 0.15) is 27.7 Å². The molecular weight excluding hydrogens is 236 g/mol. The molecule has 0 spiro atoms. The lowest BCUT2D eigenvalue weighted by Crippen LogP contribution is -2.58. The summed E-state index contributed by atoms with van der Waals surface area (Å²) < 4.78 is 10.4. The molecule has 0 N–H and O–H groups in total. The average molecular weight is 256 g/mol. The van der Waals surface area contributed by atoms with Crippen molar-refractivity contribution in [3.8, 4) is 0 Å². The Hall–Kier alpha value is -1.46. The molecule has 2 amide bonds. The summed E-state index contributed by atoms with van der Waals surface area (Å²) in [5.41, 5.74) is -0.504. The molecule has 0 unspecified atom stereocenters. The van der Waals surface area contributed by atoms with Crippen LogP contribution in [0.25, 0.3) is 0 Å². The van der Waals surface area contributed by atoms with E-state index in [1.165, 1.54) is 0 Å². The third-order valence-electron chi connectivity index (χ3n) is 3.10. The molecule has 6 nitrogen and oxygen atoms in total. The summed E-state index contributed by atoms with van der Waals surface area (Å²) in [6.45, 7) is 8.76. The third-order valence-corrected chi connectivity index (χ3v) is 3.10. The predicted molar refractivity (Wildman–Crippen MR) is 64.2 cm³/mol. The minimum absolute atomic E-state index is 0.0405. The van der Waals surface area contributed by atoms with E-state index < -0.39 is 5.60 Å². The van der Waals surface area contributed by atoms with Crippen LogP contribution in [0, 0.1) is 0 Å². The Morgan fingerprint density at radius 1 is 1.39 bits per heavy atom. The van der Waals surface area contributed by atoms with E-state index in [-0.39, 0.29) is 24.3 Å². The number of carbonyl (C=O) groups excluding carboxylic acids is 2. The zero-order chi connectivity index (χ0) is 13.5. The molecule has 2 rings (SSSR count). The molecule has 0 saturated carbocycles. The highest BCUT2D eigenvalue weighted by Gasteiger charge is 2.42. The van der Waals surface area contributed by atoms with Gasteiger partial charge in [0.25, 0.3) is 0 Å². The predicted octanol–water partition coefficient (Wildman–Crippen LogP) is 1.45. The minimum atomic E-state index is -0.504. The van der Waals surface area contributed by atoms with Gasteiger partial charge in [-0.3, -0.25) is 4.90 Å². The van der Waals surface area contributed by atoms with Crippen molar-refractivity contribution < 1.29 is 19.1 Å². The van der Waals surface area contributed by atoms with Gasteiger partial charge >= 0.3 is 12.2 Å². The molecule has 102 valence electrons. The van der Waals surface area contributed by atoms with Crippen molar-refractivity contribution in [2.24, 2.45) is 0 Å². The maximum atomic E-state index is 12.1. The minimum Gasteiger partial charge on any atom is -0.447 e. The Labute approximate surface area is 107 Å². The first-order valence-electron chi connectivity index (χ1n) is 6.21. The molecule has 2 saturated heterocycles. The number of amides is 2. The SMILES string of the molecule is C[C@H]1CN2C(=O)OC[C@H]2CN1C(=O)OC(C)(C)C. The molecule has 0 aromatic heterocycles. The lowest BCUT2D eigenvalue weighted by atomic mass is 10.1. The van der Waals surface area contributed by atoms with Gasteiger partial charge in [0.2, 0.25) is 0 Å². The number of carbonyl (C=O) groups is 2. The highest BCUT2D eigenvalue weighted by atomic mass is 16.6. The van der Waals surface area contributed by atoms with E-state index in [0.29, 0.717) is 19.7 Å². The molecule has 0 aromatic carbocycles. The molecule has 2 heterocycles. The van der Waals surface area contributed by atoms with Gasteiger partial charge in [-0.05, 0) is 27.7 Å². The first-order chi connectivity index (χ1) is 8.28. The van der Waals surface area contributed by atoms with Crippen LogP contribution in [-0.2, 0) is 9.47 Å². The monoisotopic (exact) mass is 256 g/mol. The topological polar surface area (TPSA) is 59.1 Å². The van der Waals surface area contributed by atoms with Crippen molar-refractivity contribution in [3.63, 3.8) is 0 Å². The van der Waals surface area contributed by atoms with Gasteiger partial charge in [0.15, 0.2) is 0 Å². The van der Waals surface area contributed by atoms with Crippen LogP contribution in [0.4, 0.5) is 9.59 Å². The standard InChI is InChI=1S/C12H20N2O4/c1-8-5-14-9(7-17-10(14)15)6-13(8)11(16)18-12(2,3)4/h8-9H,5-7H2,1-4H3/t8-,9+/m0/s1. The largest absolute Gasteiger partial charge is 0.447 e. The first kappa shape index (κ1) is 13.0. The smallest absolute Gasteiger partial charge is 0.410 e. The van der Waals surface area contributed by atoms with Crippen molar-refractivity contribution in [1.29, 1.82) is 0 Å². The van der Waals surface area contributed by atoms with Crippen LogP contribution < -0.4 is 0 Å². The Kier molecular flexibility index (Phi) is 3.12. The summed E-state index contributed by atoms with van der Waals surface area (Å²) in [6, 6.07) is -0.0945. The number of cyclic esters (lactones) is 1. The summed E-state index contributed by atoms with van der Waals surface area (Å²) in [5.74, 6) is 0. The highest BCUT2D eigenvalue weighted by molar-refractivity contribution is 5.72. The highest BCUT2D eigenvalue weighted by Crippen LogP contribution is 2.23. The van der Waals surface area contributed by atoms with Gasteiger partial charge in [-0.1, -0.05) is 0 Å². The molecule has 0 aromatic rings. The molecule has 0 bridgehead atoms. The fraction of sp³-hybridized carbons (Fsp3) is 0.833. The summed E-state index contributed by atoms with van der Waals surface area (Å²) in [7, 11) is 0. The lowest BCUT2D eigenvalue weighted by molar-refractivity contribution is -0.000319. The van der Waals surface area contributed by atoms with E-state index in [4.69, 9.17) is 9.47 Å². The van der Waals surface area contributed by atoms with Gasteiger partial charge in [0.1, 0.15) is 12.2 Å². The number of fused-ring (bicyclic) bond motifs is 1. The fourth-order valence-electron chi connectivity index (χ4n) is 2.23. The van der Waals surface area contributed by atoms with Crippen LogP contribution in [0.2, 0.25) is 0 Å². The first-order valence-corrected chi connectivity index (χ1v) is 6.21. The number of ether oxygens (including phenoxy) is 2. The Morgan fingerprint density at radius 3 is 2.67 bits per heavy atom. The Bertz CT molecular complexity index is 364. The number of hydrogen-bond acceptors (Lipinski definition) is 4. The van der Waals surface area contributed by atoms with Gasteiger partial charge in [0, 0.05) is 13.1 Å². The van der Waals surface area contributed by atoms with E-state index in [2.05, 4.69) is 0 Å². The van der Waals surface area contributed by atoms with Crippen LogP contribution in [0.3, 0.4) is 0 Å². The van der Waals surface area contributed by atoms with E-state index in [9.17, 15) is 9.59 Å². The van der Waals surface area contributed by atoms with Gasteiger partial charge < -0.3 is 14.4 Å². The van der Waals surface area contributed by atoms with E-state index in [1.54, 1.807) is 9.80 Å².